The molecule has 0 aliphatic rings. The van der Waals surface area contributed by atoms with Crippen LogP contribution in [0.2, 0.25) is 0 Å². The second-order valence-corrected chi connectivity index (χ2v) is 10.6. The van der Waals surface area contributed by atoms with Gasteiger partial charge in [-0.3, -0.25) is 8.97 Å². The first-order valence-corrected chi connectivity index (χ1v) is 14.2. The molecule has 0 aliphatic carbocycles. The van der Waals surface area contributed by atoms with Crippen molar-refractivity contribution in [2.45, 2.75) is 0 Å². The first-order chi connectivity index (χ1) is 21.3. The van der Waals surface area contributed by atoms with Gasteiger partial charge in [0.05, 0.1) is 16.7 Å². The van der Waals surface area contributed by atoms with Gasteiger partial charge in [-0.2, -0.15) is 0 Å². The van der Waals surface area contributed by atoms with E-state index in [2.05, 4.69) is 86.7 Å². The van der Waals surface area contributed by atoms with Crippen LogP contribution >= 0.6 is 0 Å². The molecule has 6 nitrogen and oxygen atoms in total. The summed E-state index contributed by atoms with van der Waals surface area (Å²) in [5.74, 6) is 2.36. The Balaban J connectivity index is 1.18. The quantitative estimate of drug-likeness (QED) is 0.204. The molecule has 0 N–H and O–H groups in total. The average molecular weight is 554 g/mol. The number of hydrogen-bond donors (Lipinski definition) is 0. The summed E-state index contributed by atoms with van der Waals surface area (Å²) in [5.41, 5.74) is 5.89. The minimum absolute atomic E-state index is 0.741. The number of benzene rings is 4. The lowest BCUT2D eigenvalue weighted by Crippen LogP contribution is -1.96. The van der Waals surface area contributed by atoms with Crippen molar-refractivity contribution in [2.75, 3.05) is 0 Å². The summed E-state index contributed by atoms with van der Waals surface area (Å²) in [4.78, 5) is 14.4. The standard InChI is InChI=1S/C37H23N5O/c1-2-8-24(9-3-1)32-18-17-30-27-15-13-25(22-31(27)36-39-20-21-41(36)37(30)40-32)43-26-14-16-29-28-10-4-5-11-33(28)42(34(29)23-26)35-12-6-7-19-38-35/h1-23H. The van der Waals surface area contributed by atoms with E-state index in [1.807, 2.05) is 67.1 Å². The highest BCUT2D eigenvalue weighted by Gasteiger charge is 2.16. The van der Waals surface area contributed by atoms with Crippen molar-refractivity contribution >= 4 is 49.3 Å². The van der Waals surface area contributed by atoms with Gasteiger partial charge in [-0.05, 0) is 66.0 Å². The van der Waals surface area contributed by atoms with Gasteiger partial charge in [0.15, 0.2) is 0 Å². The van der Waals surface area contributed by atoms with Crippen LogP contribution in [-0.2, 0) is 0 Å². The van der Waals surface area contributed by atoms with Gasteiger partial charge < -0.3 is 4.74 Å². The monoisotopic (exact) mass is 553 g/mol. The minimum atomic E-state index is 0.741. The molecular formula is C37H23N5O. The van der Waals surface area contributed by atoms with Crippen LogP contribution in [0.25, 0.3) is 66.3 Å². The minimum Gasteiger partial charge on any atom is -0.457 e. The summed E-state index contributed by atoms with van der Waals surface area (Å²) in [6, 6.07) is 41.3. The summed E-state index contributed by atoms with van der Waals surface area (Å²) in [6.45, 7) is 0. The number of hydrogen-bond acceptors (Lipinski definition) is 4. The Morgan fingerprint density at radius 2 is 1.28 bits per heavy atom. The molecule has 43 heavy (non-hydrogen) atoms. The number of imidazole rings is 1. The van der Waals surface area contributed by atoms with Crippen LogP contribution in [0.15, 0.2) is 140 Å². The van der Waals surface area contributed by atoms with Gasteiger partial charge in [0, 0.05) is 51.8 Å². The predicted molar refractivity (Wildman–Crippen MR) is 172 cm³/mol. The Labute approximate surface area is 246 Å². The van der Waals surface area contributed by atoms with E-state index in [1.54, 1.807) is 0 Å². The van der Waals surface area contributed by atoms with Crippen molar-refractivity contribution in [3.05, 3.63) is 140 Å². The third-order valence-electron chi connectivity index (χ3n) is 8.10. The molecule has 9 aromatic rings. The molecule has 0 bridgehead atoms. The van der Waals surface area contributed by atoms with Gasteiger partial charge >= 0.3 is 0 Å². The van der Waals surface area contributed by atoms with Crippen LogP contribution in [-0.4, -0.2) is 23.9 Å². The van der Waals surface area contributed by atoms with E-state index in [4.69, 9.17) is 14.7 Å². The predicted octanol–water partition coefficient (Wildman–Crippen LogP) is 8.99. The largest absolute Gasteiger partial charge is 0.457 e. The maximum atomic E-state index is 6.51. The summed E-state index contributed by atoms with van der Waals surface area (Å²) in [7, 11) is 0. The van der Waals surface area contributed by atoms with Gasteiger partial charge in [-0.1, -0.05) is 54.6 Å². The number of para-hydroxylation sites is 1. The second kappa shape index (κ2) is 9.26. The number of nitrogens with zero attached hydrogens (tertiary/aromatic N) is 5. The van der Waals surface area contributed by atoms with E-state index in [-0.39, 0.29) is 0 Å². The van der Waals surface area contributed by atoms with Crippen molar-refractivity contribution < 1.29 is 4.74 Å². The van der Waals surface area contributed by atoms with Crippen molar-refractivity contribution in [2.24, 2.45) is 0 Å². The smallest absolute Gasteiger partial charge is 0.146 e. The Bertz CT molecular complexity index is 2480. The fourth-order valence-corrected chi connectivity index (χ4v) is 6.18. The number of ether oxygens (including phenoxy) is 1. The zero-order valence-corrected chi connectivity index (χ0v) is 22.9. The molecule has 0 fully saturated rings. The van der Waals surface area contributed by atoms with Gasteiger partial charge in [0.2, 0.25) is 0 Å². The summed E-state index contributed by atoms with van der Waals surface area (Å²) < 4.78 is 10.8. The molecule has 0 spiro atoms. The molecule has 202 valence electrons. The Morgan fingerprint density at radius 3 is 2.16 bits per heavy atom. The van der Waals surface area contributed by atoms with Crippen molar-refractivity contribution in [1.82, 2.24) is 23.9 Å². The van der Waals surface area contributed by atoms with Crippen LogP contribution < -0.4 is 4.74 Å². The third kappa shape index (κ3) is 3.70. The number of fused-ring (bicyclic) bond motifs is 9. The number of rotatable bonds is 4. The van der Waals surface area contributed by atoms with Crippen LogP contribution in [0.3, 0.4) is 0 Å². The van der Waals surface area contributed by atoms with Crippen molar-refractivity contribution in [1.29, 1.82) is 0 Å². The summed E-state index contributed by atoms with van der Waals surface area (Å²) in [5, 5.41) is 5.48. The first kappa shape index (κ1) is 23.7. The van der Waals surface area contributed by atoms with Crippen molar-refractivity contribution in [3.63, 3.8) is 0 Å². The Morgan fingerprint density at radius 1 is 0.512 bits per heavy atom. The molecule has 0 unspecified atom stereocenters. The van der Waals surface area contributed by atoms with Crippen molar-refractivity contribution in [3.8, 4) is 28.6 Å². The molecule has 0 saturated carbocycles. The van der Waals surface area contributed by atoms with Gasteiger partial charge in [-0.25, -0.2) is 15.0 Å². The average Bonchev–Trinajstić information content (AvgIpc) is 3.69. The van der Waals surface area contributed by atoms with Crippen LogP contribution in [0, 0.1) is 0 Å². The molecule has 4 aromatic carbocycles. The molecule has 5 heterocycles. The fraction of sp³-hybridized carbons (Fsp3) is 0. The maximum Gasteiger partial charge on any atom is 0.146 e. The molecule has 0 aliphatic heterocycles. The summed E-state index contributed by atoms with van der Waals surface area (Å²) >= 11 is 0. The zero-order valence-electron chi connectivity index (χ0n) is 22.9. The highest BCUT2D eigenvalue weighted by molar-refractivity contribution is 6.12. The van der Waals surface area contributed by atoms with E-state index < -0.39 is 0 Å². The maximum absolute atomic E-state index is 6.51. The highest BCUT2D eigenvalue weighted by Crippen LogP contribution is 2.37. The van der Waals surface area contributed by atoms with Crippen LogP contribution in [0.4, 0.5) is 0 Å². The Kier molecular flexibility index (Phi) is 5.10. The third-order valence-corrected chi connectivity index (χ3v) is 8.10. The highest BCUT2D eigenvalue weighted by atomic mass is 16.5. The fourth-order valence-electron chi connectivity index (χ4n) is 6.18. The topological polar surface area (TPSA) is 57.2 Å². The molecule has 0 saturated heterocycles. The van der Waals surface area contributed by atoms with E-state index in [0.29, 0.717) is 0 Å². The van der Waals surface area contributed by atoms with Crippen LogP contribution in [0.5, 0.6) is 11.5 Å². The summed E-state index contributed by atoms with van der Waals surface area (Å²) in [6.07, 6.45) is 5.61. The van der Waals surface area contributed by atoms with E-state index in [1.165, 1.54) is 5.39 Å². The first-order valence-electron chi connectivity index (χ1n) is 14.2. The molecular weight excluding hydrogens is 530 g/mol. The van der Waals surface area contributed by atoms with E-state index in [0.717, 1.165) is 72.4 Å². The molecule has 0 atom stereocenters. The molecule has 5 aromatic heterocycles. The van der Waals surface area contributed by atoms with E-state index in [9.17, 15) is 0 Å². The van der Waals surface area contributed by atoms with E-state index >= 15 is 0 Å². The van der Waals surface area contributed by atoms with Gasteiger partial charge in [0.1, 0.15) is 28.6 Å². The molecule has 0 radical (unpaired) electrons. The lowest BCUT2D eigenvalue weighted by Gasteiger charge is -2.12. The number of aromatic nitrogens is 5. The number of pyridine rings is 3. The molecule has 9 rings (SSSR count). The molecule has 0 amide bonds. The second-order valence-electron chi connectivity index (χ2n) is 10.6. The lowest BCUT2D eigenvalue weighted by atomic mass is 10.1. The Hall–Kier alpha value is -6.01. The zero-order chi connectivity index (χ0) is 28.3. The molecule has 6 heteroatoms. The lowest BCUT2D eigenvalue weighted by molar-refractivity contribution is 0.484. The van der Waals surface area contributed by atoms with Gasteiger partial charge in [-0.15, -0.1) is 0 Å². The normalized spacial score (nSPS) is 11.7. The van der Waals surface area contributed by atoms with Gasteiger partial charge in [0.25, 0.3) is 0 Å². The van der Waals surface area contributed by atoms with Crippen LogP contribution in [0.1, 0.15) is 0 Å². The SMILES string of the molecule is c1ccc(-c2ccc3c4ccc(Oc5ccc6c7ccccc7n(-c7ccccn7)c6c5)cc4c4nccn4c3n2)cc1.